The van der Waals surface area contributed by atoms with E-state index >= 15 is 0 Å². The van der Waals surface area contributed by atoms with E-state index in [4.69, 9.17) is 5.11 Å². The van der Waals surface area contributed by atoms with Gasteiger partial charge in [0.2, 0.25) is 0 Å². The zero-order chi connectivity index (χ0) is 20.3. The van der Waals surface area contributed by atoms with Crippen LogP contribution in [0.4, 0.5) is 10.1 Å². The number of nitrogens with zero attached hydrogens (tertiary/aromatic N) is 3. The first-order valence-corrected chi connectivity index (χ1v) is 8.36. The molecule has 1 N–H and O–H groups in total. The summed E-state index contributed by atoms with van der Waals surface area (Å²) in [5.41, 5.74) is 1.58. The standard InChI is InChI=1S/C21H16FN3O3/c1-24(17-8-6-16(22)7-9-17)21(28)14(11-23)10-15-12-25(13-20(26)27)19-5-3-2-4-18(15)19/h2-10,12H,13H2,1H3,(H,26,27). The van der Waals surface area contributed by atoms with E-state index in [0.717, 1.165) is 5.39 Å². The van der Waals surface area contributed by atoms with Crippen LogP contribution in [0.3, 0.4) is 0 Å². The third-order valence-corrected chi connectivity index (χ3v) is 4.29. The fourth-order valence-corrected chi connectivity index (χ4v) is 2.93. The fraction of sp³-hybridized carbons (Fsp3) is 0.0952. The molecule has 0 spiro atoms. The van der Waals surface area contributed by atoms with Crippen molar-refractivity contribution in [3.63, 3.8) is 0 Å². The molecule has 1 amide bonds. The quantitative estimate of drug-likeness (QED) is 0.545. The molecule has 0 saturated heterocycles. The Kier molecular flexibility index (Phi) is 5.23. The van der Waals surface area contributed by atoms with E-state index in [0.29, 0.717) is 16.8 Å². The van der Waals surface area contributed by atoms with Crippen LogP contribution in [-0.4, -0.2) is 28.6 Å². The van der Waals surface area contributed by atoms with Crippen LogP contribution in [0.1, 0.15) is 5.56 Å². The second-order valence-corrected chi connectivity index (χ2v) is 6.13. The summed E-state index contributed by atoms with van der Waals surface area (Å²) in [6.07, 6.45) is 3.03. The minimum absolute atomic E-state index is 0.120. The predicted octanol–water partition coefficient (Wildman–Crippen LogP) is 3.43. The molecule has 3 rings (SSSR count). The summed E-state index contributed by atoms with van der Waals surface area (Å²) in [5, 5.41) is 19.3. The lowest BCUT2D eigenvalue weighted by Gasteiger charge is -2.16. The van der Waals surface area contributed by atoms with Crippen LogP contribution in [0.5, 0.6) is 0 Å². The van der Waals surface area contributed by atoms with E-state index in [1.165, 1.54) is 42.3 Å². The molecule has 1 aromatic heterocycles. The van der Waals surface area contributed by atoms with E-state index in [2.05, 4.69) is 0 Å². The van der Waals surface area contributed by atoms with E-state index in [9.17, 15) is 19.2 Å². The van der Waals surface area contributed by atoms with Gasteiger partial charge in [-0.1, -0.05) is 18.2 Å². The van der Waals surface area contributed by atoms with Crippen LogP contribution in [-0.2, 0) is 16.1 Å². The van der Waals surface area contributed by atoms with Crippen molar-refractivity contribution in [2.75, 3.05) is 11.9 Å². The number of hydrogen-bond donors (Lipinski definition) is 1. The Bertz CT molecular complexity index is 1120. The van der Waals surface area contributed by atoms with Crippen LogP contribution in [0, 0.1) is 17.1 Å². The highest BCUT2D eigenvalue weighted by Crippen LogP contribution is 2.24. The summed E-state index contributed by atoms with van der Waals surface area (Å²) in [6, 6.07) is 14.4. The Balaban J connectivity index is 2.01. The van der Waals surface area contributed by atoms with E-state index < -0.39 is 17.7 Å². The van der Waals surface area contributed by atoms with Crippen molar-refractivity contribution >= 4 is 34.5 Å². The normalized spacial score (nSPS) is 11.2. The number of hydrogen-bond acceptors (Lipinski definition) is 3. The molecule has 0 radical (unpaired) electrons. The van der Waals surface area contributed by atoms with Crippen molar-refractivity contribution in [1.29, 1.82) is 5.26 Å². The Labute approximate surface area is 160 Å². The monoisotopic (exact) mass is 377 g/mol. The minimum Gasteiger partial charge on any atom is -0.480 e. The minimum atomic E-state index is -0.996. The number of nitriles is 1. The van der Waals surface area contributed by atoms with Crippen molar-refractivity contribution in [2.24, 2.45) is 0 Å². The first kappa shape index (κ1) is 18.9. The van der Waals surface area contributed by atoms with Gasteiger partial charge in [0.15, 0.2) is 0 Å². The number of fused-ring (bicyclic) bond motifs is 1. The lowest BCUT2D eigenvalue weighted by atomic mass is 10.1. The first-order chi connectivity index (χ1) is 13.4. The van der Waals surface area contributed by atoms with Gasteiger partial charge in [0.25, 0.3) is 5.91 Å². The smallest absolute Gasteiger partial charge is 0.323 e. The second-order valence-electron chi connectivity index (χ2n) is 6.13. The van der Waals surface area contributed by atoms with Gasteiger partial charge in [-0.3, -0.25) is 9.59 Å². The summed E-state index contributed by atoms with van der Waals surface area (Å²) in [5.74, 6) is -1.97. The van der Waals surface area contributed by atoms with E-state index in [1.54, 1.807) is 35.0 Å². The Morgan fingerprint density at radius 3 is 2.54 bits per heavy atom. The molecule has 0 bridgehead atoms. The molecule has 0 fully saturated rings. The molecule has 1 heterocycles. The summed E-state index contributed by atoms with van der Waals surface area (Å²) in [6.45, 7) is -0.236. The van der Waals surface area contributed by atoms with Gasteiger partial charge in [-0.05, 0) is 36.4 Å². The molecule has 0 saturated carbocycles. The number of carboxylic acid groups (broad SMARTS) is 1. The van der Waals surface area contributed by atoms with Crippen molar-refractivity contribution in [3.05, 3.63) is 71.7 Å². The SMILES string of the molecule is CN(C(=O)C(C#N)=Cc1cn(CC(=O)O)c2ccccc12)c1ccc(F)cc1. The van der Waals surface area contributed by atoms with Gasteiger partial charge in [0.05, 0.1) is 0 Å². The fourth-order valence-electron chi connectivity index (χ4n) is 2.93. The number of aromatic nitrogens is 1. The number of amides is 1. The average molecular weight is 377 g/mol. The highest BCUT2D eigenvalue weighted by Gasteiger charge is 2.18. The molecule has 28 heavy (non-hydrogen) atoms. The molecule has 6 nitrogen and oxygen atoms in total. The molecule has 2 aromatic carbocycles. The van der Waals surface area contributed by atoms with Crippen molar-refractivity contribution in [1.82, 2.24) is 4.57 Å². The summed E-state index contributed by atoms with van der Waals surface area (Å²) in [7, 11) is 1.49. The number of rotatable bonds is 5. The first-order valence-electron chi connectivity index (χ1n) is 8.36. The zero-order valence-electron chi connectivity index (χ0n) is 15.0. The number of likely N-dealkylation sites (N-methyl/N-ethyl adjacent to an activating group) is 1. The van der Waals surface area contributed by atoms with Crippen LogP contribution in [0.2, 0.25) is 0 Å². The molecule has 7 heteroatoms. The molecule has 3 aromatic rings. The zero-order valence-corrected chi connectivity index (χ0v) is 15.0. The summed E-state index contributed by atoms with van der Waals surface area (Å²) in [4.78, 5) is 25.1. The van der Waals surface area contributed by atoms with E-state index in [-0.39, 0.29) is 12.1 Å². The third-order valence-electron chi connectivity index (χ3n) is 4.29. The van der Waals surface area contributed by atoms with Crippen molar-refractivity contribution in [3.8, 4) is 6.07 Å². The second kappa shape index (κ2) is 7.76. The van der Waals surface area contributed by atoms with Crippen molar-refractivity contribution < 1.29 is 19.1 Å². The van der Waals surface area contributed by atoms with Gasteiger partial charge in [0, 0.05) is 35.4 Å². The lowest BCUT2D eigenvalue weighted by molar-refractivity contribution is -0.137. The molecule has 0 unspecified atom stereocenters. The van der Waals surface area contributed by atoms with Crippen LogP contribution in [0.25, 0.3) is 17.0 Å². The molecule has 0 atom stereocenters. The molecular weight excluding hydrogens is 361 g/mol. The number of carbonyl (C=O) groups excluding carboxylic acids is 1. The third kappa shape index (κ3) is 3.76. The number of anilines is 1. The molecular formula is C21H16FN3O3. The predicted molar refractivity (Wildman–Crippen MR) is 103 cm³/mol. The van der Waals surface area contributed by atoms with Crippen LogP contribution >= 0.6 is 0 Å². The Morgan fingerprint density at radius 1 is 1.21 bits per heavy atom. The van der Waals surface area contributed by atoms with Crippen LogP contribution < -0.4 is 4.90 Å². The van der Waals surface area contributed by atoms with Gasteiger partial charge < -0.3 is 14.6 Å². The summed E-state index contributed by atoms with van der Waals surface area (Å²) >= 11 is 0. The maximum absolute atomic E-state index is 13.1. The topological polar surface area (TPSA) is 86.3 Å². The number of carboxylic acids is 1. The Morgan fingerprint density at radius 2 is 1.89 bits per heavy atom. The highest BCUT2D eigenvalue weighted by atomic mass is 19.1. The molecule has 0 aliphatic rings. The highest BCUT2D eigenvalue weighted by molar-refractivity contribution is 6.11. The number of para-hydroxylation sites is 1. The van der Waals surface area contributed by atoms with Crippen LogP contribution in [0.15, 0.2) is 60.3 Å². The van der Waals surface area contributed by atoms with Crippen molar-refractivity contribution in [2.45, 2.75) is 6.54 Å². The maximum atomic E-state index is 13.1. The van der Waals surface area contributed by atoms with Gasteiger partial charge >= 0.3 is 5.97 Å². The summed E-state index contributed by atoms with van der Waals surface area (Å²) < 4.78 is 14.6. The maximum Gasteiger partial charge on any atom is 0.323 e. The van der Waals surface area contributed by atoms with Gasteiger partial charge in [-0.2, -0.15) is 5.26 Å². The number of halogens is 1. The molecule has 0 aliphatic carbocycles. The number of aliphatic carboxylic acids is 1. The Hall–Kier alpha value is -3.92. The largest absolute Gasteiger partial charge is 0.480 e. The molecule has 0 aliphatic heterocycles. The van der Waals surface area contributed by atoms with Gasteiger partial charge in [0.1, 0.15) is 24.0 Å². The number of benzene rings is 2. The molecule has 140 valence electrons. The van der Waals surface area contributed by atoms with E-state index in [1.807, 2.05) is 6.07 Å². The number of carbonyl (C=O) groups is 2. The lowest BCUT2D eigenvalue weighted by Crippen LogP contribution is -2.27. The average Bonchev–Trinajstić information content (AvgIpc) is 3.02. The van der Waals surface area contributed by atoms with Gasteiger partial charge in [-0.25, -0.2) is 4.39 Å². The van der Waals surface area contributed by atoms with Gasteiger partial charge in [-0.15, -0.1) is 0 Å².